The molecule has 1 aromatic carbocycles. The maximum Gasteiger partial charge on any atom is 0.324 e. The average molecular weight is 293 g/mol. The molecule has 1 aliphatic heterocycles. The van der Waals surface area contributed by atoms with E-state index in [4.69, 9.17) is 0 Å². The van der Waals surface area contributed by atoms with Crippen molar-refractivity contribution in [1.29, 1.82) is 0 Å². The van der Waals surface area contributed by atoms with E-state index in [0.29, 0.717) is 6.04 Å². The lowest BCUT2D eigenvalue weighted by Crippen LogP contribution is -2.46. The van der Waals surface area contributed by atoms with E-state index in [0.717, 1.165) is 25.2 Å². The Labute approximate surface area is 126 Å². The van der Waals surface area contributed by atoms with E-state index in [-0.39, 0.29) is 17.9 Å². The number of halogens is 1. The number of hydrogen-bond donors (Lipinski definition) is 0. The minimum absolute atomic E-state index is 0.000887. The van der Waals surface area contributed by atoms with Crippen molar-refractivity contribution in [3.05, 3.63) is 30.1 Å². The van der Waals surface area contributed by atoms with Gasteiger partial charge in [0.1, 0.15) is 5.82 Å². The molecule has 2 rings (SSSR count). The molecule has 4 nitrogen and oxygen atoms in total. The van der Waals surface area contributed by atoms with Gasteiger partial charge in [-0.1, -0.05) is 0 Å². The molecular weight excluding hydrogens is 269 g/mol. The van der Waals surface area contributed by atoms with Crippen LogP contribution in [0.15, 0.2) is 24.3 Å². The summed E-state index contributed by atoms with van der Waals surface area (Å²) in [4.78, 5) is 18.6. The number of likely N-dealkylation sites (tertiary alicyclic amines) is 1. The van der Waals surface area contributed by atoms with Crippen LogP contribution in [0.5, 0.6) is 0 Å². The van der Waals surface area contributed by atoms with Crippen molar-refractivity contribution < 1.29 is 9.18 Å². The number of amides is 2. The smallest absolute Gasteiger partial charge is 0.323 e. The van der Waals surface area contributed by atoms with Crippen LogP contribution in [0.3, 0.4) is 0 Å². The monoisotopic (exact) mass is 293 g/mol. The van der Waals surface area contributed by atoms with Gasteiger partial charge >= 0.3 is 6.03 Å². The minimum atomic E-state index is -0.288. The fourth-order valence-corrected chi connectivity index (χ4v) is 2.72. The average Bonchev–Trinajstić information content (AvgIpc) is 2.90. The largest absolute Gasteiger partial charge is 0.324 e. The van der Waals surface area contributed by atoms with Gasteiger partial charge in [0.05, 0.1) is 0 Å². The van der Waals surface area contributed by atoms with Gasteiger partial charge in [-0.05, 0) is 58.6 Å². The third kappa shape index (κ3) is 3.53. The first-order chi connectivity index (χ1) is 9.90. The van der Waals surface area contributed by atoms with Gasteiger partial charge in [-0.15, -0.1) is 0 Å². The lowest BCUT2D eigenvalue weighted by Gasteiger charge is -2.31. The van der Waals surface area contributed by atoms with Crippen LogP contribution in [-0.2, 0) is 0 Å². The van der Waals surface area contributed by atoms with Gasteiger partial charge in [0.25, 0.3) is 0 Å². The third-order valence-electron chi connectivity index (χ3n) is 3.99. The van der Waals surface area contributed by atoms with Crippen molar-refractivity contribution in [3.63, 3.8) is 0 Å². The predicted octanol–water partition coefficient (Wildman–Crippen LogP) is 2.80. The Hall–Kier alpha value is -1.62. The minimum Gasteiger partial charge on any atom is -0.323 e. The Bertz CT molecular complexity index is 487. The molecule has 1 aliphatic rings. The molecule has 0 N–H and O–H groups in total. The van der Waals surface area contributed by atoms with E-state index in [1.807, 2.05) is 32.8 Å². The molecule has 0 spiro atoms. The number of nitrogens with zero attached hydrogens (tertiary/aromatic N) is 3. The lowest BCUT2D eigenvalue weighted by molar-refractivity contribution is 0.208. The van der Waals surface area contributed by atoms with Crippen molar-refractivity contribution in [1.82, 2.24) is 9.80 Å². The normalized spacial score (nSPS) is 18.6. The number of carbonyl (C=O) groups excluding carboxylic acids is 1. The Morgan fingerprint density at radius 1 is 1.29 bits per heavy atom. The van der Waals surface area contributed by atoms with Gasteiger partial charge < -0.3 is 9.80 Å². The fraction of sp³-hybridized carbons (Fsp3) is 0.562. The number of urea groups is 1. The van der Waals surface area contributed by atoms with Gasteiger partial charge in [0, 0.05) is 30.9 Å². The maximum atomic E-state index is 13.1. The van der Waals surface area contributed by atoms with E-state index in [1.165, 1.54) is 12.1 Å². The summed E-state index contributed by atoms with van der Waals surface area (Å²) < 4.78 is 13.1. The molecule has 0 saturated carbocycles. The van der Waals surface area contributed by atoms with E-state index in [9.17, 15) is 9.18 Å². The van der Waals surface area contributed by atoms with Crippen molar-refractivity contribution in [2.24, 2.45) is 0 Å². The van der Waals surface area contributed by atoms with Crippen LogP contribution in [-0.4, -0.2) is 55.1 Å². The molecule has 1 unspecified atom stereocenters. The number of carbonyl (C=O) groups is 1. The third-order valence-corrected chi connectivity index (χ3v) is 3.99. The Morgan fingerprint density at radius 3 is 2.38 bits per heavy atom. The van der Waals surface area contributed by atoms with Crippen LogP contribution in [0, 0.1) is 5.82 Å². The first-order valence-corrected chi connectivity index (χ1v) is 7.40. The van der Waals surface area contributed by atoms with Gasteiger partial charge in [-0.25, -0.2) is 9.18 Å². The standard InChI is InChI=1S/C16H24FN3O/c1-12(2)20(14-7-5-13(17)6-8-14)16(21)19-10-9-15(11-19)18(3)4/h5-8,12,15H,9-11H2,1-4H3. The topological polar surface area (TPSA) is 26.8 Å². The zero-order valence-electron chi connectivity index (χ0n) is 13.2. The summed E-state index contributed by atoms with van der Waals surface area (Å²) in [5.74, 6) is -0.288. The zero-order chi connectivity index (χ0) is 15.6. The summed E-state index contributed by atoms with van der Waals surface area (Å²) in [6.45, 7) is 5.46. The van der Waals surface area contributed by atoms with Crippen LogP contribution in [0.25, 0.3) is 0 Å². The highest BCUT2D eigenvalue weighted by molar-refractivity contribution is 5.92. The first kappa shape index (κ1) is 15.8. The van der Waals surface area contributed by atoms with E-state index in [1.54, 1.807) is 17.0 Å². The highest BCUT2D eigenvalue weighted by atomic mass is 19.1. The first-order valence-electron chi connectivity index (χ1n) is 7.40. The second-order valence-corrected chi connectivity index (χ2v) is 6.07. The molecule has 0 bridgehead atoms. The molecule has 0 radical (unpaired) electrons. The Balaban J connectivity index is 2.15. The number of anilines is 1. The second-order valence-electron chi connectivity index (χ2n) is 6.07. The summed E-state index contributed by atoms with van der Waals surface area (Å²) >= 11 is 0. The van der Waals surface area contributed by atoms with E-state index in [2.05, 4.69) is 4.90 Å². The Kier molecular flexibility index (Phi) is 4.83. The summed E-state index contributed by atoms with van der Waals surface area (Å²) in [6, 6.07) is 6.55. The van der Waals surface area contributed by atoms with Gasteiger partial charge in [0.2, 0.25) is 0 Å². The molecule has 21 heavy (non-hydrogen) atoms. The molecule has 0 aliphatic carbocycles. The van der Waals surface area contributed by atoms with Crippen LogP contribution in [0.2, 0.25) is 0 Å². The lowest BCUT2D eigenvalue weighted by atomic mass is 10.2. The number of benzene rings is 1. The summed E-state index contributed by atoms with van der Waals surface area (Å²) in [6.07, 6.45) is 0.994. The zero-order valence-corrected chi connectivity index (χ0v) is 13.2. The second kappa shape index (κ2) is 6.43. The molecule has 0 aromatic heterocycles. The van der Waals surface area contributed by atoms with Crippen molar-refractivity contribution in [2.45, 2.75) is 32.4 Å². The molecule has 5 heteroatoms. The van der Waals surface area contributed by atoms with Crippen molar-refractivity contribution in [3.8, 4) is 0 Å². The molecular formula is C16H24FN3O. The maximum absolute atomic E-state index is 13.1. The predicted molar refractivity (Wildman–Crippen MR) is 83.1 cm³/mol. The molecule has 1 saturated heterocycles. The SMILES string of the molecule is CC(C)N(C(=O)N1CCC(N(C)C)C1)c1ccc(F)cc1. The van der Waals surface area contributed by atoms with Crippen LogP contribution >= 0.6 is 0 Å². The van der Waals surface area contributed by atoms with Crippen molar-refractivity contribution >= 4 is 11.7 Å². The van der Waals surface area contributed by atoms with Gasteiger partial charge in [0.15, 0.2) is 0 Å². The number of likely N-dealkylation sites (N-methyl/N-ethyl adjacent to an activating group) is 1. The highest BCUT2D eigenvalue weighted by Crippen LogP contribution is 2.22. The van der Waals surface area contributed by atoms with E-state index < -0.39 is 0 Å². The van der Waals surface area contributed by atoms with Crippen LogP contribution in [0.1, 0.15) is 20.3 Å². The van der Waals surface area contributed by atoms with E-state index >= 15 is 0 Å². The van der Waals surface area contributed by atoms with Crippen LogP contribution < -0.4 is 4.90 Å². The molecule has 2 amide bonds. The molecule has 1 atom stereocenters. The Morgan fingerprint density at radius 2 is 1.90 bits per heavy atom. The number of hydrogen-bond acceptors (Lipinski definition) is 2. The number of rotatable bonds is 3. The van der Waals surface area contributed by atoms with Crippen molar-refractivity contribution in [2.75, 3.05) is 32.1 Å². The molecule has 1 fully saturated rings. The highest BCUT2D eigenvalue weighted by Gasteiger charge is 2.31. The molecule has 116 valence electrons. The van der Waals surface area contributed by atoms with Gasteiger partial charge in [-0.3, -0.25) is 4.90 Å². The quantitative estimate of drug-likeness (QED) is 0.857. The molecule has 1 heterocycles. The summed E-state index contributed by atoms with van der Waals surface area (Å²) in [5, 5.41) is 0. The van der Waals surface area contributed by atoms with Crippen LogP contribution in [0.4, 0.5) is 14.9 Å². The van der Waals surface area contributed by atoms with Gasteiger partial charge in [-0.2, -0.15) is 0 Å². The molecule has 1 aromatic rings. The summed E-state index contributed by atoms with van der Waals surface area (Å²) in [5.41, 5.74) is 0.740. The summed E-state index contributed by atoms with van der Waals surface area (Å²) in [7, 11) is 4.08. The fourth-order valence-electron chi connectivity index (χ4n) is 2.72.